The minimum Gasteiger partial charge on any atom is -0.368 e. The summed E-state index contributed by atoms with van der Waals surface area (Å²) in [5.41, 5.74) is 8.25. The molecular formula is C16H15ClN8O. The normalized spacial score (nSPS) is 15.1. The predicted molar refractivity (Wildman–Crippen MR) is 97.0 cm³/mol. The fourth-order valence-electron chi connectivity index (χ4n) is 2.86. The Morgan fingerprint density at radius 1 is 1.38 bits per heavy atom. The van der Waals surface area contributed by atoms with Crippen LogP contribution in [0.2, 0.25) is 5.15 Å². The number of aromatic nitrogens is 6. The summed E-state index contributed by atoms with van der Waals surface area (Å²) in [6, 6.07) is 1.91. The second-order valence-electron chi connectivity index (χ2n) is 5.90. The lowest BCUT2D eigenvalue weighted by atomic mass is 10.1. The van der Waals surface area contributed by atoms with Crippen molar-refractivity contribution in [1.82, 2.24) is 29.7 Å². The summed E-state index contributed by atoms with van der Waals surface area (Å²) in [5.74, 6) is 0.640. The number of amides is 1. The Kier molecular flexibility index (Phi) is 3.73. The molecule has 0 aromatic carbocycles. The van der Waals surface area contributed by atoms with Crippen molar-refractivity contribution in [3.63, 3.8) is 0 Å². The molecule has 0 radical (unpaired) electrons. The summed E-state index contributed by atoms with van der Waals surface area (Å²) >= 11 is 6.27. The largest absolute Gasteiger partial charge is 0.368 e. The van der Waals surface area contributed by atoms with Crippen molar-refractivity contribution < 1.29 is 4.79 Å². The van der Waals surface area contributed by atoms with E-state index in [9.17, 15) is 4.79 Å². The van der Waals surface area contributed by atoms with Gasteiger partial charge in [-0.15, -0.1) is 0 Å². The highest BCUT2D eigenvalue weighted by Crippen LogP contribution is 2.40. The number of fused-ring (bicyclic) bond motifs is 1. The first-order valence-corrected chi connectivity index (χ1v) is 8.17. The van der Waals surface area contributed by atoms with Gasteiger partial charge in [0.2, 0.25) is 5.95 Å². The monoisotopic (exact) mass is 370 g/mol. The first-order valence-electron chi connectivity index (χ1n) is 7.80. The Balaban J connectivity index is 1.83. The van der Waals surface area contributed by atoms with Crippen molar-refractivity contribution in [3.8, 4) is 0 Å². The third-order valence-electron chi connectivity index (χ3n) is 4.15. The van der Waals surface area contributed by atoms with E-state index >= 15 is 0 Å². The van der Waals surface area contributed by atoms with Gasteiger partial charge in [0, 0.05) is 25.1 Å². The molecule has 0 unspecified atom stereocenters. The zero-order chi connectivity index (χ0) is 18.4. The standard InChI is InChI=1S/C16H15ClN8O/c1-8-5-9(23-24(8)2)7-25-14-12(13(17)21-16(18)22-14)10(15(25)26)6-11-19-3-4-20-11/h3-6H,7H2,1-2H3,(H,19,20)(H2,18,21,22). The van der Waals surface area contributed by atoms with Gasteiger partial charge in [0.25, 0.3) is 5.91 Å². The van der Waals surface area contributed by atoms with Crippen LogP contribution in [-0.4, -0.2) is 35.6 Å². The number of aromatic amines is 1. The molecule has 4 rings (SSSR count). The number of nitrogen functional groups attached to an aromatic ring is 1. The molecule has 9 nitrogen and oxygen atoms in total. The van der Waals surface area contributed by atoms with Crippen LogP contribution in [0.1, 0.15) is 22.8 Å². The number of aryl methyl sites for hydroxylation is 2. The lowest BCUT2D eigenvalue weighted by Gasteiger charge is -2.14. The molecule has 1 amide bonds. The zero-order valence-corrected chi connectivity index (χ0v) is 14.8. The van der Waals surface area contributed by atoms with Gasteiger partial charge >= 0.3 is 0 Å². The van der Waals surface area contributed by atoms with Crippen molar-refractivity contribution in [1.29, 1.82) is 0 Å². The van der Waals surface area contributed by atoms with E-state index in [-0.39, 0.29) is 23.6 Å². The van der Waals surface area contributed by atoms with Crippen LogP contribution in [0.3, 0.4) is 0 Å². The highest BCUT2D eigenvalue weighted by atomic mass is 35.5. The molecule has 0 saturated carbocycles. The van der Waals surface area contributed by atoms with Gasteiger partial charge in [-0.1, -0.05) is 11.6 Å². The highest BCUT2D eigenvalue weighted by molar-refractivity contribution is 6.41. The first kappa shape index (κ1) is 16.3. The molecule has 4 heterocycles. The Bertz CT molecular complexity index is 1020. The van der Waals surface area contributed by atoms with E-state index in [0.29, 0.717) is 22.8 Å². The Labute approximate surface area is 153 Å². The molecule has 0 spiro atoms. The number of nitrogens with zero attached hydrogens (tertiary/aromatic N) is 6. The molecule has 3 N–H and O–H groups in total. The van der Waals surface area contributed by atoms with E-state index in [1.807, 2.05) is 20.0 Å². The lowest BCUT2D eigenvalue weighted by Crippen LogP contribution is -2.26. The summed E-state index contributed by atoms with van der Waals surface area (Å²) in [4.78, 5) is 29.8. The summed E-state index contributed by atoms with van der Waals surface area (Å²) in [7, 11) is 1.85. The van der Waals surface area contributed by atoms with E-state index in [1.54, 1.807) is 23.2 Å². The van der Waals surface area contributed by atoms with Gasteiger partial charge in [-0.2, -0.15) is 10.1 Å². The van der Waals surface area contributed by atoms with Crippen LogP contribution in [0.15, 0.2) is 18.5 Å². The number of carbonyl (C=O) groups is 1. The summed E-state index contributed by atoms with van der Waals surface area (Å²) in [5, 5.41) is 4.53. The molecule has 26 heavy (non-hydrogen) atoms. The number of nitrogens with two attached hydrogens (primary N) is 1. The SMILES string of the molecule is Cc1cc(CN2C(=O)C(=Cc3ncc[nH]3)c3c(Cl)nc(N)nc32)nn1C. The molecule has 1 aliphatic heterocycles. The van der Waals surface area contributed by atoms with Crippen LogP contribution >= 0.6 is 11.6 Å². The second-order valence-corrected chi connectivity index (χ2v) is 6.25. The summed E-state index contributed by atoms with van der Waals surface area (Å²) in [6.07, 6.45) is 4.89. The topological polar surface area (TPSA) is 119 Å². The van der Waals surface area contributed by atoms with Crippen LogP contribution in [0.5, 0.6) is 0 Å². The second kappa shape index (κ2) is 5.95. The van der Waals surface area contributed by atoms with Crippen molar-refractivity contribution in [2.24, 2.45) is 7.05 Å². The minimum atomic E-state index is -0.262. The number of carbonyl (C=O) groups excluding carboxylic acids is 1. The number of H-pyrrole nitrogens is 1. The molecule has 3 aromatic heterocycles. The molecule has 132 valence electrons. The Morgan fingerprint density at radius 3 is 2.85 bits per heavy atom. The summed E-state index contributed by atoms with van der Waals surface area (Å²) < 4.78 is 1.75. The van der Waals surface area contributed by atoms with E-state index in [1.165, 1.54) is 4.90 Å². The van der Waals surface area contributed by atoms with Gasteiger partial charge in [0.05, 0.1) is 23.4 Å². The Hall–Kier alpha value is -3.20. The maximum Gasteiger partial charge on any atom is 0.260 e. The number of hydrogen-bond donors (Lipinski definition) is 2. The van der Waals surface area contributed by atoms with Gasteiger partial charge in [-0.25, -0.2) is 9.97 Å². The van der Waals surface area contributed by atoms with E-state index in [4.69, 9.17) is 17.3 Å². The number of rotatable bonds is 3. The fraction of sp³-hybridized carbons (Fsp3) is 0.188. The van der Waals surface area contributed by atoms with Gasteiger partial charge in [0.1, 0.15) is 11.0 Å². The number of anilines is 2. The molecule has 3 aromatic rings. The first-order chi connectivity index (χ1) is 12.4. The van der Waals surface area contributed by atoms with Crippen LogP contribution < -0.4 is 10.6 Å². The fourth-order valence-corrected chi connectivity index (χ4v) is 3.13. The summed E-state index contributed by atoms with van der Waals surface area (Å²) in [6.45, 7) is 2.19. The maximum atomic E-state index is 13.1. The molecule has 0 aliphatic carbocycles. The van der Waals surface area contributed by atoms with Crippen LogP contribution in [0.4, 0.5) is 11.8 Å². The molecule has 0 fully saturated rings. The average molecular weight is 371 g/mol. The molecular weight excluding hydrogens is 356 g/mol. The van der Waals surface area contributed by atoms with Crippen molar-refractivity contribution in [2.45, 2.75) is 13.5 Å². The quantitative estimate of drug-likeness (QED) is 0.533. The van der Waals surface area contributed by atoms with Crippen molar-refractivity contribution in [2.75, 3.05) is 10.6 Å². The van der Waals surface area contributed by atoms with Gasteiger partial charge in [-0.3, -0.25) is 14.4 Å². The highest BCUT2D eigenvalue weighted by Gasteiger charge is 2.37. The maximum absolute atomic E-state index is 13.1. The smallest absolute Gasteiger partial charge is 0.260 e. The van der Waals surface area contributed by atoms with E-state index in [0.717, 1.165) is 11.4 Å². The van der Waals surface area contributed by atoms with E-state index in [2.05, 4.69) is 25.0 Å². The number of nitrogens with one attached hydrogen (secondary N) is 1. The number of hydrogen-bond acceptors (Lipinski definition) is 6. The third-order valence-corrected chi connectivity index (χ3v) is 4.42. The van der Waals surface area contributed by atoms with Gasteiger partial charge in [0.15, 0.2) is 5.82 Å². The molecule has 0 saturated heterocycles. The third kappa shape index (κ3) is 2.62. The predicted octanol–water partition coefficient (Wildman–Crippen LogP) is 1.56. The minimum absolute atomic E-state index is 0.00278. The molecule has 10 heteroatoms. The lowest BCUT2D eigenvalue weighted by molar-refractivity contribution is -0.113. The van der Waals surface area contributed by atoms with Gasteiger partial charge < -0.3 is 10.7 Å². The molecule has 1 aliphatic rings. The zero-order valence-electron chi connectivity index (χ0n) is 14.1. The number of imidazole rings is 1. The van der Waals surface area contributed by atoms with E-state index < -0.39 is 0 Å². The van der Waals surface area contributed by atoms with Crippen molar-refractivity contribution >= 4 is 40.9 Å². The number of halogens is 1. The van der Waals surface area contributed by atoms with Crippen LogP contribution in [0, 0.1) is 6.92 Å². The van der Waals surface area contributed by atoms with Gasteiger partial charge in [-0.05, 0) is 19.1 Å². The molecule has 0 bridgehead atoms. The Morgan fingerprint density at radius 2 is 2.19 bits per heavy atom. The van der Waals surface area contributed by atoms with Crippen molar-refractivity contribution in [3.05, 3.63) is 46.4 Å². The average Bonchev–Trinajstić information content (AvgIpc) is 3.25. The van der Waals surface area contributed by atoms with Crippen LogP contribution in [-0.2, 0) is 18.4 Å². The molecule has 0 atom stereocenters. The van der Waals surface area contributed by atoms with Crippen LogP contribution in [0.25, 0.3) is 11.6 Å².